The Bertz CT molecular complexity index is 940. The summed E-state index contributed by atoms with van der Waals surface area (Å²) in [7, 11) is -3.78. The average molecular weight is 366 g/mol. The van der Waals surface area contributed by atoms with Gasteiger partial charge in [-0.1, -0.05) is 41.1 Å². The largest absolute Gasteiger partial charge is 0.265 e. The Morgan fingerprint density at radius 2 is 1.96 bits per heavy atom. The molecule has 0 amide bonds. The van der Waals surface area contributed by atoms with Gasteiger partial charge in [0.05, 0.1) is 15.6 Å². The van der Waals surface area contributed by atoms with E-state index in [1.807, 2.05) is 19.1 Å². The van der Waals surface area contributed by atoms with Crippen LogP contribution in [0.3, 0.4) is 0 Å². The second kappa shape index (κ2) is 6.27. The molecule has 0 atom stereocenters. The highest BCUT2D eigenvalue weighted by molar-refractivity contribution is 7.93. The van der Waals surface area contributed by atoms with E-state index in [0.717, 1.165) is 16.1 Å². The SMILES string of the molecule is Cc1nc(NS(=O)(=O)c2ccccc2Cl)sc1-c1cccnc1. The first-order valence-corrected chi connectivity index (χ1v) is 9.30. The smallest absolute Gasteiger partial charge is 0.264 e. The van der Waals surface area contributed by atoms with Crippen molar-refractivity contribution in [2.75, 3.05) is 4.72 Å². The summed E-state index contributed by atoms with van der Waals surface area (Å²) in [5, 5.41) is 0.460. The summed E-state index contributed by atoms with van der Waals surface area (Å²) in [5.74, 6) is 0. The molecule has 0 radical (unpaired) electrons. The molecule has 2 aromatic heterocycles. The maximum atomic E-state index is 12.4. The van der Waals surface area contributed by atoms with Crippen molar-refractivity contribution in [1.29, 1.82) is 0 Å². The van der Waals surface area contributed by atoms with Crippen LogP contribution < -0.4 is 4.72 Å². The molecule has 0 aliphatic carbocycles. The van der Waals surface area contributed by atoms with Gasteiger partial charge in [-0.3, -0.25) is 9.71 Å². The van der Waals surface area contributed by atoms with Crippen molar-refractivity contribution in [2.24, 2.45) is 0 Å². The molecule has 0 saturated heterocycles. The first kappa shape index (κ1) is 15.9. The summed E-state index contributed by atoms with van der Waals surface area (Å²) >= 11 is 7.22. The lowest BCUT2D eigenvalue weighted by atomic mass is 10.2. The van der Waals surface area contributed by atoms with Gasteiger partial charge < -0.3 is 0 Å². The molecule has 0 spiro atoms. The van der Waals surface area contributed by atoms with Crippen LogP contribution in [0.15, 0.2) is 53.7 Å². The van der Waals surface area contributed by atoms with Gasteiger partial charge in [-0.25, -0.2) is 13.4 Å². The van der Waals surface area contributed by atoms with E-state index < -0.39 is 10.0 Å². The van der Waals surface area contributed by atoms with Crippen LogP contribution in [0.2, 0.25) is 5.02 Å². The maximum Gasteiger partial charge on any atom is 0.265 e. The minimum Gasteiger partial charge on any atom is -0.264 e. The standard InChI is InChI=1S/C15H12ClN3O2S2/c1-10-14(11-5-4-8-17-9-11)22-15(18-10)19-23(20,21)13-7-3-2-6-12(13)16/h2-9H,1H3,(H,18,19). The molecule has 0 bridgehead atoms. The predicted octanol–water partition coefficient (Wildman–Crippen LogP) is 3.97. The number of rotatable bonds is 4. The van der Waals surface area contributed by atoms with Crippen molar-refractivity contribution in [1.82, 2.24) is 9.97 Å². The number of hydrogen-bond donors (Lipinski definition) is 1. The van der Waals surface area contributed by atoms with Crippen LogP contribution in [0.4, 0.5) is 5.13 Å². The molecule has 0 aliphatic heterocycles. The molecule has 23 heavy (non-hydrogen) atoms. The molecule has 118 valence electrons. The van der Waals surface area contributed by atoms with Crippen LogP contribution in [0.5, 0.6) is 0 Å². The number of aromatic nitrogens is 2. The molecule has 0 saturated carbocycles. The molecule has 1 aromatic carbocycles. The fraction of sp³-hybridized carbons (Fsp3) is 0.0667. The van der Waals surface area contributed by atoms with Crippen molar-refractivity contribution in [3.63, 3.8) is 0 Å². The van der Waals surface area contributed by atoms with Gasteiger partial charge in [0.15, 0.2) is 5.13 Å². The third kappa shape index (κ3) is 3.36. The van der Waals surface area contributed by atoms with Crippen LogP contribution in [0.25, 0.3) is 10.4 Å². The van der Waals surface area contributed by atoms with Crippen molar-refractivity contribution >= 4 is 38.1 Å². The normalized spacial score (nSPS) is 11.4. The average Bonchev–Trinajstić information content (AvgIpc) is 2.88. The first-order chi connectivity index (χ1) is 11.0. The van der Waals surface area contributed by atoms with Gasteiger partial charge in [-0.15, -0.1) is 0 Å². The Morgan fingerprint density at radius 1 is 1.17 bits per heavy atom. The van der Waals surface area contributed by atoms with Crippen LogP contribution >= 0.6 is 22.9 Å². The Kier molecular flexibility index (Phi) is 4.34. The lowest BCUT2D eigenvalue weighted by Crippen LogP contribution is -2.13. The molecule has 3 rings (SSSR count). The van der Waals surface area contributed by atoms with E-state index in [1.165, 1.54) is 23.5 Å². The van der Waals surface area contributed by atoms with Crippen LogP contribution in [0.1, 0.15) is 5.69 Å². The molecule has 0 fully saturated rings. The number of halogens is 1. The van der Waals surface area contributed by atoms with Gasteiger partial charge in [0.1, 0.15) is 4.90 Å². The van der Waals surface area contributed by atoms with E-state index in [4.69, 9.17) is 11.6 Å². The number of nitrogens with zero attached hydrogens (tertiary/aromatic N) is 2. The molecule has 8 heteroatoms. The van der Waals surface area contributed by atoms with Crippen molar-refractivity contribution in [2.45, 2.75) is 11.8 Å². The minimum atomic E-state index is -3.78. The zero-order valence-electron chi connectivity index (χ0n) is 12.0. The van der Waals surface area contributed by atoms with Crippen LogP contribution in [0, 0.1) is 6.92 Å². The number of benzene rings is 1. The number of sulfonamides is 1. The van der Waals surface area contributed by atoms with E-state index in [1.54, 1.807) is 24.5 Å². The third-order valence-corrected chi connectivity index (χ3v) is 6.16. The molecule has 1 N–H and O–H groups in total. The highest BCUT2D eigenvalue weighted by Crippen LogP contribution is 2.33. The molecule has 0 aliphatic rings. The second-order valence-electron chi connectivity index (χ2n) is 4.71. The topological polar surface area (TPSA) is 72.0 Å². The Labute approximate surface area is 143 Å². The minimum absolute atomic E-state index is 0.0254. The van der Waals surface area contributed by atoms with Crippen LogP contribution in [-0.2, 0) is 10.0 Å². The Hall–Kier alpha value is -1.96. The van der Waals surface area contributed by atoms with Crippen molar-refractivity contribution in [3.05, 3.63) is 59.5 Å². The van der Waals surface area contributed by atoms with Gasteiger partial charge in [-0.05, 0) is 25.1 Å². The highest BCUT2D eigenvalue weighted by atomic mass is 35.5. The number of pyridine rings is 1. The van der Waals surface area contributed by atoms with E-state index in [0.29, 0.717) is 5.13 Å². The van der Waals surface area contributed by atoms with Crippen molar-refractivity contribution < 1.29 is 8.42 Å². The number of nitrogens with one attached hydrogen (secondary N) is 1. The van der Waals surface area contributed by atoms with E-state index in [-0.39, 0.29) is 9.92 Å². The summed E-state index contributed by atoms with van der Waals surface area (Å²) < 4.78 is 27.4. The monoisotopic (exact) mass is 365 g/mol. The summed E-state index contributed by atoms with van der Waals surface area (Å²) in [6.45, 7) is 1.83. The maximum absolute atomic E-state index is 12.4. The lowest BCUT2D eigenvalue weighted by Gasteiger charge is -2.06. The van der Waals surface area contributed by atoms with Gasteiger partial charge in [0.2, 0.25) is 0 Å². The highest BCUT2D eigenvalue weighted by Gasteiger charge is 2.20. The number of hydrogen-bond acceptors (Lipinski definition) is 5. The Balaban J connectivity index is 1.94. The Morgan fingerprint density at radius 3 is 2.65 bits per heavy atom. The van der Waals surface area contributed by atoms with Gasteiger partial charge in [0.25, 0.3) is 10.0 Å². The first-order valence-electron chi connectivity index (χ1n) is 6.62. The van der Waals surface area contributed by atoms with Crippen LogP contribution in [-0.4, -0.2) is 18.4 Å². The van der Waals surface area contributed by atoms with Crippen molar-refractivity contribution in [3.8, 4) is 10.4 Å². The fourth-order valence-corrected chi connectivity index (χ4v) is 4.75. The van der Waals surface area contributed by atoms with Gasteiger partial charge in [0, 0.05) is 18.0 Å². The molecular weight excluding hydrogens is 354 g/mol. The van der Waals surface area contributed by atoms with Gasteiger partial charge >= 0.3 is 0 Å². The molecular formula is C15H12ClN3O2S2. The zero-order chi connectivity index (χ0) is 16.4. The van der Waals surface area contributed by atoms with E-state index in [2.05, 4.69) is 14.7 Å². The van der Waals surface area contributed by atoms with Gasteiger partial charge in [-0.2, -0.15) is 0 Å². The molecule has 3 aromatic rings. The fourth-order valence-electron chi connectivity index (χ4n) is 2.04. The molecule has 5 nitrogen and oxygen atoms in total. The quantitative estimate of drug-likeness (QED) is 0.759. The number of thiazole rings is 1. The molecule has 2 heterocycles. The number of anilines is 1. The van der Waals surface area contributed by atoms with E-state index in [9.17, 15) is 8.42 Å². The predicted molar refractivity (Wildman–Crippen MR) is 92.3 cm³/mol. The second-order valence-corrected chi connectivity index (χ2v) is 7.77. The number of aryl methyl sites for hydroxylation is 1. The van der Waals surface area contributed by atoms with E-state index >= 15 is 0 Å². The summed E-state index contributed by atoms with van der Waals surface area (Å²) in [6.07, 6.45) is 3.40. The third-order valence-electron chi connectivity index (χ3n) is 3.07. The zero-order valence-corrected chi connectivity index (χ0v) is 14.4. The summed E-state index contributed by atoms with van der Waals surface area (Å²) in [4.78, 5) is 9.25. The molecule has 0 unspecified atom stereocenters. The summed E-state index contributed by atoms with van der Waals surface area (Å²) in [6, 6.07) is 10.0. The summed E-state index contributed by atoms with van der Waals surface area (Å²) in [5.41, 5.74) is 1.63. The lowest BCUT2D eigenvalue weighted by molar-refractivity contribution is 0.601.